The molecule has 0 bridgehead atoms. The molecule has 6 heteroatoms. The van der Waals surface area contributed by atoms with Crippen LogP contribution in [-0.4, -0.2) is 62.4 Å². The summed E-state index contributed by atoms with van der Waals surface area (Å²) in [5.74, 6) is -1.89. The van der Waals surface area contributed by atoms with E-state index in [0.29, 0.717) is 39.1 Å². The summed E-state index contributed by atoms with van der Waals surface area (Å²) in [6.07, 6.45) is 2.05. The molecule has 0 heterocycles. The first kappa shape index (κ1) is 15.9. The highest BCUT2D eigenvalue weighted by Gasteiger charge is 2.39. The van der Waals surface area contributed by atoms with Crippen molar-refractivity contribution in [2.45, 2.75) is 19.3 Å². The quantitative estimate of drug-likeness (QED) is 0.701. The molecule has 0 radical (unpaired) electrons. The molecule has 1 amide bonds. The van der Waals surface area contributed by atoms with E-state index in [-0.39, 0.29) is 5.91 Å². The van der Waals surface area contributed by atoms with Gasteiger partial charge in [-0.15, -0.1) is 0 Å². The Morgan fingerprint density at radius 2 is 1.63 bits per heavy atom. The summed E-state index contributed by atoms with van der Waals surface area (Å²) in [4.78, 5) is 25.2. The lowest BCUT2D eigenvalue weighted by Gasteiger charge is -2.26. The maximum absolute atomic E-state index is 12.4. The molecule has 0 aromatic heterocycles. The number of hydrogen-bond donors (Lipinski definition) is 1. The molecule has 0 aromatic rings. The van der Waals surface area contributed by atoms with E-state index in [1.807, 2.05) is 0 Å². The van der Waals surface area contributed by atoms with Crippen LogP contribution in [0.2, 0.25) is 0 Å². The molecule has 0 spiro atoms. The zero-order valence-corrected chi connectivity index (χ0v) is 11.6. The van der Waals surface area contributed by atoms with Gasteiger partial charge in [0, 0.05) is 27.3 Å². The molecule has 1 rings (SSSR count). The van der Waals surface area contributed by atoms with E-state index < -0.39 is 17.8 Å². The third-order valence-corrected chi connectivity index (χ3v) is 3.59. The van der Waals surface area contributed by atoms with Gasteiger partial charge in [0.1, 0.15) is 0 Å². The monoisotopic (exact) mass is 273 g/mol. The second kappa shape index (κ2) is 8.12. The zero-order valence-electron chi connectivity index (χ0n) is 11.6. The summed E-state index contributed by atoms with van der Waals surface area (Å²) in [5.41, 5.74) is 0. The molecule has 1 N–H and O–H groups in total. The van der Waals surface area contributed by atoms with Gasteiger partial charge in [-0.05, 0) is 12.8 Å². The molecule has 19 heavy (non-hydrogen) atoms. The zero-order chi connectivity index (χ0) is 14.3. The molecule has 110 valence electrons. The molecule has 0 aliphatic heterocycles. The highest BCUT2D eigenvalue weighted by atomic mass is 16.5. The van der Waals surface area contributed by atoms with Crippen LogP contribution in [0.1, 0.15) is 19.3 Å². The summed E-state index contributed by atoms with van der Waals surface area (Å²) in [6, 6.07) is 0. The minimum absolute atomic E-state index is 0.0843. The fourth-order valence-corrected chi connectivity index (χ4v) is 2.52. The number of hydrogen-bond acceptors (Lipinski definition) is 4. The number of carbonyl (C=O) groups is 2. The van der Waals surface area contributed by atoms with Gasteiger partial charge in [0.25, 0.3) is 0 Å². The Kier molecular flexibility index (Phi) is 6.80. The average Bonchev–Trinajstić information content (AvgIpc) is 2.87. The molecular weight excluding hydrogens is 250 g/mol. The first-order valence-electron chi connectivity index (χ1n) is 6.61. The van der Waals surface area contributed by atoms with Crippen LogP contribution >= 0.6 is 0 Å². The van der Waals surface area contributed by atoms with Gasteiger partial charge in [-0.1, -0.05) is 6.42 Å². The van der Waals surface area contributed by atoms with E-state index in [4.69, 9.17) is 14.6 Å². The topological polar surface area (TPSA) is 76.1 Å². The smallest absolute Gasteiger partial charge is 0.307 e. The summed E-state index contributed by atoms with van der Waals surface area (Å²) in [6.45, 7) is 1.84. The van der Waals surface area contributed by atoms with Crippen molar-refractivity contribution in [3.05, 3.63) is 0 Å². The average molecular weight is 273 g/mol. The summed E-state index contributed by atoms with van der Waals surface area (Å²) < 4.78 is 9.98. The van der Waals surface area contributed by atoms with Crippen molar-refractivity contribution in [2.75, 3.05) is 40.5 Å². The van der Waals surface area contributed by atoms with Crippen molar-refractivity contribution >= 4 is 11.9 Å². The minimum atomic E-state index is -0.866. The van der Waals surface area contributed by atoms with Crippen molar-refractivity contribution in [1.29, 1.82) is 0 Å². The molecule has 0 saturated heterocycles. The molecule has 2 atom stereocenters. The van der Waals surface area contributed by atoms with Crippen LogP contribution in [0.3, 0.4) is 0 Å². The summed E-state index contributed by atoms with van der Waals surface area (Å²) in [7, 11) is 3.16. The van der Waals surface area contributed by atoms with Gasteiger partial charge >= 0.3 is 5.97 Å². The predicted octanol–water partition coefficient (Wildman–Crippen LogP) is 0.609. The number of rotatable bonds is 8. The second-order valence-electron chi connectivity index (χ2n) is 4.79. The first-order valence-corrected chi connectivity index (χ1v) is 6.61. The summed E-state index contributed by atoms with van der Waals surface area (Å²) >= 11 is 0. The maximum atomic E-state index is 12.4. The first-order chi connectivity index (χ1) is 9.11. The number of ether oxygens (including phenoxy) is 2. The van der Waals surface area contributed by atoms with E-state index >= 15 is 0 Å². The van der Waals surface area contributed by atoms with E-state index in [0.717, 1.165) is 6.42 Å². The van der Waals surface area contributed by atoms with Crippen LogP contribution in [0.4, 0.5) is 0 Å². The molecule has 0 unspecified atom stereocenters. The third-order valence-electron chi connectivity index (χ3n) is 3.59. The molecule has 1 saturated carbocycles. The van der Waals surface area contributed by atoms with E-state index in [9.17, 15) is 9.59 Å². The molecule has 1 aliphatic rings. The highest BCUT2D eigenvalue weighted by Crippen LogP contribution is 2.33. The Bertz CT molecular complexity index is 299. The predicted molar refractivity (Wildman–Crippen MR) is 68.8 cm³/mol. The van der Waals surface area contributed by atoms with Gasteiger partial charge in [-0.3, -0.25) is 9.59 Å². The van der Waals surface area contributed by atoms with Crippen molar-refractivity contribution in [2.24, 2.45) is 11.8 Å². The molecular formula is C13H23NO5. The van der Waals surface area contributed by atoms with Crippen LogP contribution in [0.5, 0.6) is 0 Å². The van der Waals surface area contributed by atoms with Crippen LogP contribution in [0.25, 0.3) is 0 Å². The summed E-state index contributed by atoms with van der Waals surface area (Å²) in [5, 5.41) is 9.15. The number of amides is 1. The number of carboxylic acids is 1. The standard InChI is InChI=1S/C13H23NO5/c1-18-8-6-14(7-9-19-2)12(15)10-4-3-5-11(10)13(16)17/h10-11H,3-9H2,1-2H3,(H,16,17)/t10-,11+/m1/s1. The van der Waals surface area contributed by atoms with Crippen LogP contribution in [0, 0.1) is 11.8 Å². The second-order valence-corrected chi connectivity index (χ2v) is 4.79. The third kappa shape index (κ3) is 4.47. The largest absolute Gasteiger partial charge is 0.481 e. The lowest BCUT2D eigenvalue weighted by molar-refractivity contribution is -0.149. The highest BCUT2D eigenvalue weighted by molar-refractivity contribution is 5.85. The van der Waals surface area contributed by atoms with E-state index in [1.54, 1.807) is 19.1 Å². The molecule has 1 aliphatic carbocycles. The number of carbonyl (C=O) groups excluding carboxylic acids is 1. The Balaban J connectivity index is 2.65. The lowest BCUT2D eigenvalue weighted by Crippen LogP contribution is -2.42. The van der Waals surface area contributed by atoms with Gasteiger partial charge in [0.15, 0.2) is 0 Å². The fourth-order valence-electron chi connectivity index (χ4n) is 2.52. The maximum Gasteiger partial charge on any atom is 0.307 e. The Hall–Kier alpha value is -1.14. The number of methoxy groups -OCH3 is 2. The van der Waals surface area contributed by atoms with Gasteiger partial charge in [-0.25, -0.2) is 0 Å². The van der Waals surface area contributed by atoms with Crippen molar-refractivity contribution in [3.63, 3.8) is 0 Å². The number of aliphatic carboxylic acids is 1. The van der Waals surface area contributed by atoms with Gasteiger partial charge < -0.3 is 19.5 Å². The lowest BCUT2D eigenvalue weighted by atomic mass is 9.94. The van der Waals surface area contributed by atoms with Crippen molar-refractivity contribution in [1.82, 2.24) is 4.90 Å². The van der Waals surface area contributed by atoms with Crippen molar-refractivity contribution in [3.8, 4) is 0 Å². The number of carboxylic acid groups (broad SMARTS) is 1. The van der Waals surface area contributed by atoms with Gasteiger partial charge in [0.05, 0.1) is 25.0 Å². The number of nitrogens with zero attached hydrogens (tertiary/aromatic N) is 1. The molecule has 6 nitrogen and oxygen atoms in total. The minimum Gasteiger partial charge on any atom is -0.481 e. The van der Waals surface area contributed by atoms with Crippen molar-refractivity contribution < 1.29 is 24.2 Å². The Morgan fingerprint density at radius 1 is 1.11 bits per heavy atom. The van der Waals surface area contributed by atoms with E-state index in [1.165, 1.54) is 0 Å². The molecule has 0 aromatic carbocycles. The van der Waals surface area contributed by atoms with Gasteiger partial charge in [0.2, 0.25) is 5.91 Å². The normalized spacial score (nSPS) is 22.4. The SMILES string of the molecule is COCCN(CCOC)C(=O)[C@@H]1CCC[C@@H]1C(=O)O. The van der Waals surface area contributed by atoms with E-state index in [2.05, 4.69) is 0 Å². The van der Waals surface area contributed by atoms with Gasteiger partial charge in [-0.2, -0.15) is 0 Å². The van der Waals surface area contributed by atoms with Crippen LogP contribution in [-0.2, 0) is 19.1 Å². The Labute approximate surface area is 113 Å². The van der Waals surface area contributed by atoms with Crippen LogP contribution in [0.15, 0.2) is 0 Å². The Morgan fingerprint density at radius 3 is 2.11 bits per heavy atom. The van der Waals surface area contributed by atoms with Crippen LogP contribution < -0.4 is 0 Å². The fraction of sp³-hybridized carbons (Fsp3) is 0.846. The molecule has 1 fully saturated rings.